The molecule has 1 aromatic carbocycles. The van der Waals surface area contributed by atoms with E-state index in [0.29, 0.717) is 0 Å². The van der Waals surface area contributed by atoms with Crippen LogP contribution in [-0.2, 0) is 0 Å². The lowest BCUT2D eigenvalue weighted by Gasteiger charge is -1.98. The Hall–Kier alpha value is -1.48. The first-order valence-electron chi connectivity index (χ1n) is 4.54. The number of rotatable bonds is 2. The molecule has 74 valence electrons. The number of nitrogens with two attached hydrogens (primary N) is 1. The SMILES string of the molecule is COc1cccc2oc(C(C)N)cc12. The molecule has 2 rings (SSSR count). The van der Waals surface area contributed by atoms with Gasteiger partial charge in [0.05, 0.1) is 18.5 Å². The minimum Gasteiger partial charge on any atom is -0.496 e. The van der Waals surface area contributed by atoms with Crippen LogP contribution in [0.2, 0.25) is 0 Å². The van der Waals surface area contributed by atoms with Gasteiger partial charge >= 0.3 is 0 Å². The molecular weight excluding hydrogens is 178 g/mol. The summed E-state index contributed by atoms with van der Waals surface area (Å²) in [6, 6.07) is 7.55. The first-order chi connectivity index (χ1) is 6.72. The number of furan rings is 1. The molecule has 3 heteroatoms. The molecule has 1 heterocycles. The number of ether oxygens (including phenoxy) is 1. The van der Waals surface area contributed by atoms with Crippen LogP contribution in [-0.4, -0.2) is 7.11 Å². The third-order valence-corrected chi connectivity index (χ3v) is 2.21. The van der Waals surface area contributed by atoms with E-state index in [-0.39, 0.29) is 6.04 Å². The number of fused-ring (bicyclic) bond motifs is 1. The first kappa shape index (κ1) is 9.09. The van der Waals surface area contributed by atoms with E-state index in [1.165, 1.54) is 0 Å². The number of hydrogen-bond donors (Lipinski definition) is 1. The molecule has 3 nitrogen and oxygen atoms in total. The second-order valence-corrected chi connectivity index (χ2v) is 3.31. The zero-order valence-corrected chi connectivity index (χ0v) is 8.28. The summed E-state index contributed by atoms with van der Waals surface area (Å²) in [5, 5.41) is 0.974. The third-order valence-electron chi connectivity index (χ3n) is 2.21. The molecule has 0 spiro atoms. The quantitative estimate of drug-likeness (QED) is 0.793. The summed E-state index contributed by atoms with van der Waals surface area (Å²) in [5.41, 5.74) is 6.55. The predicted octanol–water partition coefficient (Wildman–Crippen LogP) is 2.46. The third kappa shape index (κ3) is 1.36. The maximum absolute atomic E-state index is 5.73. The Morgan fingerprint density at radius 2 is 2.21 bits per heavy atom. The van der Waals surface area contributed by atoms with Gasteiger partial charge in [-0.2, -0.15) is 0 Å². The predicted molar refractivity (Wildman–Crippen MR) is 55.4 cm³/mol. The summed E-state index contributed by atoms with van der Waals surface area (Å²) < 4.78 is 10.8. The van der Waals surface area contributed by atoms with E-state index in [4.69, 9.17) is 14.9 Å². The molecule has 0 aliphatic heterocycles. The minimum absolute atomic E-state index is 0.0906. The van der Waals surface area contributed by atoms with E-state index >= 15 is 0 Å². The van der Waals surface area contributed by atoms with Crippen molar-refractivity contribution >= 4 is 11.0 Å². The van der Waals surface area contributed by atoms with Crippen LogP contribution >= 0.6 is 0 Å². The van der Waals surface area contributed by atoms with Crippen molar-refractivity contribution in [1.29, 1.82) is 0 Å². The summed E-state index contributed by atoms with van der Waals surface area (Å²) >= 11 is 0. The molecule has 0 saturated carbocycles. The molecule has 0 aliphatic rings. The largest absolute Gasteiger partial charge is 0.496 e. The normalized spacial score (nSPS) is 13.1. The van der Waals surface area contributed by atoms with E-state index in [1.807, 2.05) is 31.2 Å². The minimum atomic E-state index is -0.0906. The van der Waals surface area contributed by atoms with Gasteiger partial charge in [0.1, 0.15) is 17.1 Å². The monoisotopic (exact) mass is 191 g/mol. The van der Waals surface area contributed by atoms with Crippen LogP contribution in [0.25, 0.3) is 11.0 Å². The summed E-state index contributed by atoms with van der Waals surface area (Å²) in [6.07, 6.45) is 0. The maximum atomic E-state index is 5.73. The van der Waals surface area contributed by atoms with Crippen molar-refractivity contribution in [2.24, 2.45) is 5.73 Å². The van der Waals surface area contributed by atoms with Gasteiger partial charge in [-0.15, -0.1) is 0 Å². The molecule has 0 aliphatic carbocycles. The fourth-order valence-corrected chi connectivity index (χ4v) is 1.46. The molecule has 2 N–H and O–H groups in total. The van der Waals surface area contributed by atoms with Gasteiger partial charge in [0, 0.05) is 0 Å². The number of methoxy groups -OCH3 is 1. The van der Waals surface area contributed by atoms with Crippen molar-refractivity contribution in [3.05, 3.63) is 30.0 Å². The Labute approximate surface area is 82.5 Å². The molecule has 1 aromatic heterocycles. The Bertz CT molecular complexity index is 445. The smallest absolute Gasteiger partial charge is 0.138 e. The first-order valence-corrected chi connectivity index (χ1v) is 4.54. The molecule has 1 atom stereocenters. The highest BCUT2D eigenvalue weighted by Crippen LogP contribution is 2.30. The lowest BCUT2D eigenvalue weighted by molar-refractivity contribution is 0.419. The molecule has 1 unspecified atom stereocenters. The average molecular weight is 191 g/mol. The fraction of sp³-hybridized carbons (Fsp3) is 0.273. The van der Waals surface area contributed by atoms with Crippen molar-refractivity contribution in [2.45, 2.75) is 13.0 Å². The fourth-order valence-electron chi connectivity index (χ4n) is 1.46. The zero-order chi connectivity index (χ0) is 10.1. The molecule has 2 aromatic rings. The molecule has 0 radical (unpaired) electrons. The van der Waals surface area contributed by atoms with Gasteiger partial charge in [-0.05, 0) is 25.1 Å². The van der Waals surface area contributed by atoms with E-state index in [0.717, 1.165) is 22.5 Å². The lowest BCUT2D eigenvalue weighted by atomic mass is 10.2. The van der Waals surface area contributed by atoms with Crippen LogP contribution in [0.1, 0.15) is 18.7 Å². The number of hydrogen-bond acceptors (Lipinski definition) is 3. The molecule has 0 amide bonds. The van der Waals surface area contributed by atoms with Crippen molar-refractivity contribution < 1.29 is 9.15 Å². The summed E-state index contributed by atoms with van der Waals surface area (Å²) in [6.45, 7) is 1.89. The van der Waals surface area contributed by atoms with Crippen LogP contribution < -0.4 is 10.5 Å². The number of benzene rings is 1. The Kier molecular flexibility index (Phi) is 2.17. The lowest BCUT2D eigenvalue weighted by Crippen LogP contribution is -2.02. The Morgan fingerprint density at radius 1 is 1.43 bits per heavy atom. The average Bonchev–Trinajstić information content (AvgIpc) is 2.60. The van der Waals surface area contributed by atoms with Gasteiger partial charge in [-0.1, -0.05) is 6.07 Å². The van der Waals surface area contributed by atoms with E-state index < -0.39 is 0 Å². The summed E-state index contributed by atoms with van der Waals surface area (Å²) in [4.78, 5) is 0. The van der Waals surface area contributed by atoms with Crippen molar-refractivity contribution in [3.63, 3.8) is 0 Å². The van der Waals surface area contributed by atoms with E-state index in [9.17, 15) is 0 Å². The molecule has 14 heavy (non-hydrogen) atoms. The summed E-state index contributed by atoms with van der Waals surface area (Å²) in [5.74, 6) is 1.60. The maximum Gasteiger partial charge on any atom is 0.138 e. The Morgan fingerprint density at radius 3 is 2.86 bits per heavy atom. The van der Waals surface area contributed by atoms with Crippen LogP contribution in [0.4, 0.5) is 0 Å². The van der Waals surface area contributed by atoms with Gasteiger partial charge in [0.2, 0.25) is 0 Å². The second kappa shape index (κ2) is 3.35. The highest BCUT2D eigenvalue weighted by molar-refractivity contribution is 5.84. The molecule has 0 fully saturated rings. The van der Waals surface area contributed by atoms with E-state index in [2.05, 4.69) is 0 Å². The highest BCUT2D eigenvalue weighted by Gasteiger charge is 2.10. The van der Waals surface area contributed by atoms with Crippen LogP contribution in [0, 0.1) is 0 Å². The van der Waals surface area contributed by atoms with Gasteiger partial charge in [0.25, 0.3) is 0 Å². The molecule has 0 bridgehead atoms. The Balaban J connectivity index is 2.64. The van der Waals surface area contributed by atoms with Crippen LogP contribution in [0.3, 0.4) is 0 Å². The van der Waals surface area contributed by atoms with E-state index in [1.54, 1.807) is 7.11 Å². The van der Waals surface area contributed by atoms with Crippen molar-refractivity contribution in [3.8, 4) is 5.75 Å². The van der Waals surface area contributed by atoms with Gasteiger partial charge in [-0.25, -0.2) is 0 Å². The topological polar surface area (TPSA) is 48.4 Å². The second-order valence-electron chi connectivity index (χ2n) is 3.31. The summed E-state index contributed by atoms with van der Waals surface area (Å²) in [7, 11) is 1.65. The standard InChI is InChI=1S/C11H13NO2/c1-7(12)11-6-8-9(13-2)4-3-5-10(8)14-11/h3-7H,12H2,1-2H3. The van der Waals surface area contributed by atoms with Gasteiger partial charge in [0.15, 0.2) is 0 Å². The van der Waals surface area contributed by atoms with Crippen molar-refractivity contribution in [2.75, 3.05) is 7.11 Å². The van der Waals surface area contributed by atoms with Gasteiger partial charge < -0.3 is 14.9 Å². The van der Waals surface area contributed by atoms with Crippen LogP contribution in [0.15, 0.2) is 28.7 Å². The molecule has 0 saturated heterocycles. The van der Waals surface area contributed by atoms with Crippen LogP contribution in [0.5, 0.6) is 5.75 Å². The van der Waals surface area contributed by atoms with Gasteiger partial charge in [-0.3, -0.25) is 0 Å². The zero-order valence-electron chi connectivity index (χ0n) is 8.28. The molecular formula is C11H13NO2. The highest BCUT2D eigenvalue weighted by atomic mass is 16.5. The van der Waals surface area contributed by atoms with Crippen molar-refractivity contribution in [1.82, 2.24) is 0 Å².